The maximum atomic E-state index is 15.0. The molecular formula is C68H125O8PSi6. The quantitative estimate of drug-likeness (QED) is 0.0845. The average molecular weight is 1270 g/mol. The number of hydrogen-bond donors (Lipinski definition) is 1. The van der Waals surface area contributed by atoms with Crippen molar-refractivity contribution in [1.29, 1.82) is 0 Å². The van der Waals surface area contributed by atoms with Crippen LogP contribution < -0.4 is 10.6 Å². The second kappa shape index (κ2) is 28.2. The molecule has 4 atom stereocenters. The molecule has 0 bridgehead atoms. The molecule has 0 spiro atoms. The summed E-state index contributed by atoms with van der Waals surface area (Å²) in [6, 6.07) is 20.0. The van der Waals surface area contributed by atoms with E-state index in [2.05, 4.69) is 221 Å². The van der Waals surface area contributed by atoms with E-state index in [9.17, 15) is 5.11 Å². The zero-order valence-electron chi connectivity index (χ0n) is 58.8. The van der Waals surface area contributed by atoms with Crippen molar-refractivity contribution in [2.75, 3.05) is 26.0 Å². The molecule has 0 aliphatic heterocycles. The minimum Gasteiger partial charge on any atom is -0.413 e. The first-order chi connectivity index (χ1) is 37.3. The van der Waals surface area contributed by atoms with Gasteiger partial charge in [-0.3, -0.25) is 0 Å². The average Bonchev–Trinajstić information content (AvgIpc) is 3.37. The lowest BCUT2D eigenvalue weighted by Crippen LogP contribution is -2.50. The zero-order valence-corrected chi connectivity index (χ0v) is 65.7. The van der Waals surface area contributed by atoms with Crippen LogP contribution in [0.2, 0.25) is 109 Å². The topological polar surface area (TPSA) is 92.7 Å². The smallest absolute Gasteiger partial charge is 0.192 e. The van der Waals surface area contributed by atoms with Gasteiger partial charge in [-0.25, -0.2) is 0 Å². The number of aliphatic hydroxyl groups excluding tert-OH is 1. The summed E-state index contributed by atoms with van der Waals surface area (Å²) in [4.78, 5) is 0. The van der Waals surface area contributed by atoms with Gasteiger partial charge in [0.15, 0.2) is 49.9 Å². The van der Waals surface area contributed by atoms with E-state index in [1.54, 1.807) is 0 Å². The molecule has 474 valence electrons. The van der Waals surface area contributed by atoms with Gasteiger partial charge in [-0.1, -0.05) is 221 Å². The van der Waals surface area contributed by atoms with Crippen molar-refractivity contribution in [2.45, 2.75) is 284 Å². The summed E-state index contributed by atoms with van der Waals surface area (Å²) in [5.41, 5.74) is 4.99. The number of rotatable bonds is 19. The van der Waals surface area contributed by atoms with E-state index in [0.29, 0.717) is 19.4 Å². The zero-order chi connectivity index (χ0) is 64.1. The Morgan fingerprint density at radius 2 is 0.639 bits per heavy atom. The molecule has 8 nitrogen and oxygen atoms in total. The van der Waals surface area contributed by atoms with Crippen molar-refractivity contribution in [3.8, 4) is 0 Å². The summed E-state index contributed by atoms with van der Waals surface area (Å²) >= 11 is 0. The number of allylic oxidation sites excluding steroid dienone is 1. The van der Waals surface area contributed by atoms with Gasteiger partial charge in [0, 0.05) is 16.8 Å². The Bertz CT molecular complexity index is 2430. The molecule has 1 N–H and O–H groups in total. The highest BCUT2D eigenvalue weighted by Crippen LogP contribution is 2.49. The molecule has 2 aliphatic rings. The van der Waals surface area contributed by atoms with Crippen LogP contribution in [0.4, 0.5) is 0 Å². The van der Waals surface area contributed by atoms with Gasteiger partial charge in [0.05, 0.1) is 44.2 Å². The van der Waals surface area contributed by atoms with Gasteiger partial charge < -0.3 is 36.2 Å². The standard InChI is InChI=1S/C40H67O4PSi3.C28H58O4Si3/c1-38(2,3)46(10,11)42-28-26-35-36(43-47(12,13)39(4,5)6)30-32(31-37(35)44-48(14,15)40(7,8)9)27-29-45(41,33-22-18-16-19-23-33)34-24-20-17-21-25-34;1-26(2,3)33(10,11)30-19-17-23-24(31-34(12,13)27(4,5)6)20-22(16-18-29)21-25(23)32-35(14,15)28(7,8)9/h16-27,36-37H,28-31H2,1-15H3;16-17,24-25,29H,18-21H2,1-15H3/t36-,37?;24-,25-/m11/s1. The second-order valence-electron chi connectivity index (χ2n) is 33.3. The second-order valence-corrected chi connectivity index (χ2v) is 64.9. The first kappa shape index (κ1) is 75.9. The van der Waals surface area contributed by atoms with Gasteiger partial charge in [0.2, 0.25) is 0 Å². The third-order valence-corrected chi connectivity index (χ3v) is 50.7. The lowest BCUT2D eigenvalue weighted by atomic mass is 9.85. The van der Waals surface area contributed by atoms with Gasteiger partial charge in [-0.2, -0.15) is 0 Å². The van der Waals surface area contributed by atoms with Crippen molar-refractivity contribution in [2.24, 2.45) is 0 Å². The Morgan fingerprint density at radius 3 is 0.867 bits per heavy atom. The maximum Gasteiger partial charge on any atom is 0.192 e. The molecule has 2 aliphatic carbocycles. The summed E-state index contributed by atoms with van der Waals surface area (Å²) in [6.45, 7) is 70.5. The Hall–Kier alpha value is -1.35. The molecule has 0 saturated heterocycles. The van der Waals surface area contributed by atoms with Crippen LogP contribution in [0.1, 0.15) is 150 Å². The van der Waals surface area contributed by atoms with Crippen molar-refractivity contribution in [1.82, 2.24) is 0 Å². The van der Waals surface area contributed by atoms with Crippen LogP contribution in [0.3, 0.4) is 0 Å². The molecular weight excluding hydrogens is 1140 g/mol. The number of aliphatic hydroxyl groups is 1. The van der Waals surface area contributed by atoms with Crippen LogP contribution in [0, 0.1) is 0 Å². The van der Waals surface area contributed by atoms with Crippen molar-refractivity contribution >= 4 is 67.7 Å². The lowest BCUT2D eigenvalue weighted by Gasteiger charge is -2.46. The Balaban J connectivity index is 0.000000459. The minimum atomic E-state index is -2.90. The first-order valence-electron chi connectivity index (χ1n) is 31.3. The monoisotopic (exact) mass is 1270 g/mol. The fraction of sp³-hybridized carbons (Fsp3) is 0.706. The van der Waals surface area contributed by atoms with Gasteiger partial charge in [-0.05, 0) is 146 Å². The summed E-state index contributed by atoms with van der Waals surface area (Å²) in [5, 5.41) is 12.2. The van der Waals surface area contributed by atoms with Crippen LogP contribution >= 0.6 is 7.14 Å². The van der Waals surface area contributed by atoms with Gasteiger partial charge in [0.1, 0.15) is 7.14 Å². The third kappa shape index (κ3) is 20.6. The first-order valence-corrected chi connectivity index (χ1v) is 50.7. The summed E-state index contributed by atoms with van der Waals surface area (Å²) < 4.78 is 57.1. The summed E-state index contributed by atoms with van der Waals surface area (Å²) in [5.74, 6) is 0. The molecule has 2 fully saturated rings. The molecule has 0 radical (unpaired) electrons. The predicted octanol–water partition coefficient (Wildman–Crippen LogP) is 19.9. The van der Waals surface area contributed by atoms with Crippen molar-refractivity contribution in [3.05, 3.63) is 107 Å². The molecule has 0 aromatic heterocycles. The van der Waals surface area contributed by atoms with Gasteiger partial charge >= 0.3 is 0 Å². The third-order valence-electron chi connectivity index (χ3n) is 20.8. The molecule has 2 aromatic carbocycles. The SMILES string of the molecule is CC(C)(C)[Si](C)(C)OCC=C1C(O[Si](C)(C)C(C)(C)C)CC(=CCP(=O)(c2ccccc2)c2ccccc2)C[C@H]1O[Si](C)(C)C(C)(C)C.CC(C)(C)[Si](C)(C)OCC=C1[C@H](O[Si](C)(C)C(C)(C)C)CC(=CCO)C[C@H]1O[Si](C)(C)C(C)(C)C. The predicted molar refractivity (Wildman–Crippen MR) is 377 cm³/mol. The fourth-order valence-corrected chi connectivity index (χ4v) is 18.2. The highest BCUT2D eigenvalue weighted by molar-refractivity contribution is 7.78. The Morgan fingerprint density at radius 1 is 0.398 bits per heavy atom. The molecule has 2 saturated carbocycles. The van der Waals surface area contributed by atoms with E-state index >= 15 is 4.57 Å². The molecule has 1 unspecified atom stereocenters. The highest BCUT2D eigenvalue weighted by atomic mass is 31.2. The molecule has 0 heterocycles. The van der Waals surface area contributed by atoms with Crippen molar-refractivity contribution < 1.29 is 36.2 Å². The van der Waals surface area contributed by atoms with E-state index in [-0.39, 0.29) is 61.3 Å². The van der Waals surface area contributed by atoms with E-state index in [1.807, 2.05) is 66.7 Å². The minimum absolute atomic E-state index is 0.0415. The summed E-state index contributed by atoms with van der Waals surface area (Å²) in [6.07, 6.45) is 12.2. The maximum absolute atomic E-state index is 15.0. The fourth-order valence-electron chi connectivity index (χ4n) is 8.64. The van der Waals surface area contributed by atoms with E-state index in [4.69, 9.17) is 26.6 Å². The number of hydrogen-bond acceptors (Lipinski definition) is 8. The normalized spacial score (nSPS) is 21.0. The van der Waals surface area contributed by atoms with Crippen LogP contribution in [0.5, 0.6) is 0 Å². The molecule has 0 amide bonds. The summed E-state index contributed by atoms with van der Waals surface area (Å²) in [7, 11) is -15.1. The lowest BCUT2D eigenvalue weighted by molar-refractivity contribution is 0.129. The van der Waals surface area contributed by atoms with E-state index in [1.165, 1.54) is 22.3 Å². The van der Waals surface area contributed by atoms with Crippen LogP contribution in [0.15, 0.2) is 107 Å². The van der Waals surface area contributed by atoms with Crippen molar-refractivity contribution in [3.63, 3.8) is 0 Å². The van der Waals surface area contributed by atoms with Gasteiger partial charge in [-0.15, -0.1) is 0 Å². The Labute approximate surface area is 517 Å². The van der Waals surface area contributed by atoms with Gasteiger partial charge in [0.25, 0.3) is 0 Å². The van der Waals surface area contributed by atoms with Crippen LogP contribution in [0.25, 0.3) is 0 Å². The van der Waals surface area contributed by atoms with Crippen LogP contribution in [-0.4, -0.2) is 105 Å². The molecule has 15 heteroatoms. The number of benzene rings is 2. The van der Waals surface area contributed by atoms with E-state index < -0.39 is 57.0 Å². The largest absolute Gasteiger partial charge is 0.413 e. The molecule has 4 rings (SSSR count). The molecule has 83 heavy (non-hydrogen) atoms. The highest BCUT2D eigenvalue weighted by Gasteiger charge is 2.48. The molecule has 2 aromatic rings. The van der Waals surface area contributed by atoms with E-state index in [0.717, 1.165) is 36.3 Å². The Kier molecular flexibility index (Phi) is 25.8. The van der Waals surface area contributed by atoms with Crippen LogP contribution in [-0.2, 0) is 31.1 Å².